The molecular formula is C20H20N2O3S2. The summed E-state index contributed by atoms with van der Waals surface area (Å²) in [5.74, 6) is -0.0595. The second kappa shape index (κ2) is 7.78. The topological polar surface area (TPSA) is 59.5 Å². The van der Waals surface area contributed by atoms with E-state index >= 15 is 0 Å². The molecule has 0 N–H and O–H groups in total. The molecule has 0 spiro atoms. The van der Waals surface area contributed by atoms with Crippen molar-refractivity contribution in [3.05, 3.63) is 41.3 Å². The number of nitrogens with zero attached hydrogens (tertiary/aromatic N) is 2. The van der Waals surface area contributed by atoms with Crippen molar-refractivity contribution in [2.45, 2.75) is 19.8 Å². The van der Waals surface area contributed by atoms with Gasteiger partial charge in [-0.3, -0.25) is 4.79 Å². The Morgan fingerprint density at radius 3 is 2.89 bits per heavy atom. The van der Waals surface area contributed by atoms with E-state index in [2.05, 4.69) is 11.9 Å². The van der Waals surface area contributed by atoms with Crippen LogP contribution in [0.5, 0.6) is 0 Å². The smallest absolute Gasteiger partial charge is 0.348 e. The predicted octanol–water partition coefficient (Wildman–Crippen LogP) is 4.44. The summed E-state index contributed by atoms with van der Waals surface area (Å²) in [6.45, 7) is 3.44. The summed E-state index contributed by atoms with van der Waals surface area (Å²) in [4.78, 5) is 32.4. The molecule has 140 valence electrons. The Kier molecular flexibility index (Phi) is 5.22. The number of rotatable bonds is 4. The second-order valence-electron chi connectivity index (χ2n) is 6.81. The number of likely N-dealkylation sites (tertiary alicyclic amines) is 1. The van der Waals surface area contributed by atoms with Crippen LogP contribution in [0.15, 0.2) is 36.4 Å². The summed E-state index contributed by atoms with van der Waals surface area (Å²) >= 11 is 2.94. The normalized spacial score (nSPS) is 17.2. The minimum Gasteiger partial charge on any atom is -0.451 e. The highest BCUT2D eigenvalue weighted by molar-refractivity contribution is 7.26. The zero-order valence-electron chi connectivity index (χ0n) is 15.0. The van der Waals surface area contributed by atoms with Crippen molar-refractivity contribution in [2.24, 2.45) is 5.92 Å². The average Bonchev–Trinajstić information content (AvgIpc) is 3.32. The Bertz CT molecular complexity index is 945. The molecule has 0 saturated carbocycles. The van der Waals surface area contributed by atoms with E-state index in [1.807, 2.05) is 30.3 Å². The van der Waals surface area contributed by atoms with Gasteiger partial charge in [0.2, 0.25) is 0 Å². The highest BCUT2D eigenvalue weighted by atomic mass is 32.1. The molecule has 4 rings (SSSR count). The summed E-state index contributed by atoms with van der Waals surface area (Å²) in [6.07, 6.45) is 2.16. The number of thiazole rings is 1. The van der Waals surface area contributed by atoms with Gasteiger partial charge >= 0.3 is 5.97 Å². The minimum atomic E-state index is -0.453. The van der Waals surface area contributed by atoms with Crippen molar-refractivity contribution in [3.8, 4) is 9.88 Å². The van der Waals surface area contributed by atoms with Crippen LogP contribution < -0.4 is 0 Å². The van der Waals surface area contributed by atoms with Crippen LogP contribution in [-0.4, -0.2) is 41.5 Å². The molecule has 3 aromatic rings. The number of piperidine rings is 1. The van der Waals surface area contributed by atoms with Crippen molar-refractivity contribution < 1.29 is 14.3 Å². The summed E-state index contributed by atoms with van der Waals surface area (Å²) < 4.78 is 6.37. The molecule has 1 aromatic carbocycles. The standard InChI is InChI=1S/C20H20N2O3S2/c1-13-5-4-10-22(11-13)18(23)12-25-20(24)17-9-8-16(26-17)19-21-14-6-2-3-7-15(14)27-19/h2-3,6-9,13H,4-5,10-12H2,1H3/t13-/m0/s1. The summed E-state index contributed by atoms with van der Waals surface area (Å²) in [7, 11) is 0. The van der Waals surface area contributed by atoms with E-state index in [9.17, 15) is 9.59 Å². The lowest BCUT2D eigenvalue weighted by molar-refractivity contribution is -0.136. The molecule has 0 unspecified atom stereocenters. The molecule has 0 aliphatic carbocycles. The van der Waals surface area contributed by atoms with E-state index in [4.69, 9.17) is 4.74 Å². The molecule has 1 fully saturated rings. The lowest BCUT2D eigenvalue weighted by atomic mass is 10.0. The number of hydrogen-bond donors (Lipinski definition) is 0. The zero-order chi connectivity index (χ0) is 18.8. The van der Waals surface area contributed by atoms with Gasteiger partial charge in [-0.25, -0.2) is 9.78 Å². The van der Waals surface area contributed by atoms with Crippen LogP contribution in [0.2, 0.25) is 0 Å². The first-order valence-corrected chi connectivity index (χ1v) is 10.6. The van der Waals surface area contributed by atoms with E-state index in [0.29, 0.717) is 10.8 Å². The third kappa shape index (κ3) is 4.04. The molecule has 7 heteroatoms. The van der Waals surface area contributed by atoms with E-state index in [1.54, 1.807) is 22.3 Å². The number of carbonyl (C=O) groups is 2. The molecular weight excluding hydrogens is 380 g/mol. The Morgan fingerprint density at radius 2 is 2.07 bits per heavy atom. The molecule has 2 aromatic heterocycles. The van der Waals surface area contributed by atoms with Gasteiger partial charge in [-0.1, -0.05) is 19.1 Å². The van der Waals surface area contributed by atoms with Gasteiger partial charge in [-0.15, -0.1) is 22.7 Å². The largest absolute Gasteiger partial charge is 0.451 e. The zero-order valence-corrected chi connectivity index (χ0v) is 16.6. The molecule has 5 nitrogen and oxygen atoms in total. The van der Waals surface area contributed by atoms with Crippen LogP contribution in [0, 0.1) is 5.92 Å². The maximum absolute atomic E-state index is 12.3. The third-order valence-corrected chi connectivity index (χ3v) is 6.92. The summed E-state index contributed by atoms with van der Waals surface area (Å²) in [5.41, 5.74) is 0.955. The van der Waals surface area contributed by atoms with E-state index < -0.39 is 5.97 Å². The average molecular weight is 401 g/mol. The van der Waals surface area contributed by atoms with Gasteiger partial charge < -0.3 is 9.64 Å². The third-order valence-electron chi connectivity index (χ3n) is 4.65. The van der Waals surface area contributed by atoms with Crippen LogP contribution in [0.1, 0.15) is 29.4 Å². The van der Waals surface area contributed by atoms with E-state index in [0.717, 1.165) is 46.0 Å². The molecule has 0 bridgehead atoms. The molecule has 1 amide bonds. The SMILES string of the molecule is C[C@H]1CCCN(C(=O)COC(=O)c2ccc(-c3nc4ccccc4s3)s2)C1. The lowest BCUT2D eigenvalue weighted by Crippen LogP contribution is -2.41. The Balaban J connectivity index is 1.39. The van der Waals surface area contributed by atoms with Gasteiger partial charge in [0.15, 0.2) is 6.61 Å². The van der Waals surface area contributed by atoms with Gasteiger partial charge in [0.25, 0.3) is 5.91 Å². The first-order chi connectivity index (χ1) is 13.1. The molecule has 3 heterocycles. The fourth-order valence-corrected chi connectivity index (χ4v) is 5.17. The Morgan fingerprint density at radius 1 is 1.22 bits per heavy atom. The van der Waals surface area contributed by atoms with Crippen LogP contribution in [0.3, 0.4) is 0 Å². The molecule has 1 saturated heterocycles. The van der Waals surface area contributed by atoms with Gasteiger partial charge in [-0.05, 0) is 43.0 Å². The maximum Gasteiger partial charge on any atom is 0.348 e. The number of esters is 1. The quantitative estimate of drug-likeness (QED) is 0.608. The number of fused-ring (bicyclic) bond motifs is 1. The number of para-hydroxylation sites is 1. The van der Waals surface area contributed by atoms with E-state index in [1.165, 1.54) is 11.3 Å². The molecule has 27 heavy (non-hydrogen) atoms. The first-order valence-electron chi connectivity index (χ1n) is 9.01. The number of ether oxygens (including phenoxy) is 1. The number of aromatic nitrogens is 1. The molecule has 1 aliphatic rings. The first kappa shape index (κ1) is 18.1. The van der Waals surface area contributed by atoms with Crippen LogP contribution >= 0.6 is 22.7 Å². The van der Waals surface area contributed by atoms with Crippen molar-refractivity contribution >= 4 is 44.8 Å². The van der Waals surface area contributed by atoms with Crippen molar-refractivity contribution in [3.63, 3.8) is 0 Å². The number of hydrogen-bond acceptors (Lipinski definition) is 6. The van der Waals surface area contributed by atoms with Crippen LogP contribution in [-0.2, 0) is 9.53 Å². The van der Waals surface area contributed by atoms with Crippen LogP contribution in [0.25, 0.3) is 20.1 Å². The fraction of sp³-hybridized carbons (Fsp3) is 0.350. The highest BCUT2D eigenvalue weighted by Crippen LogP contribution is 2.34. The molecule has 1 aliphatic heterocycles. The number of carbonyl (C=O) groups excluding carboxylic acids is 2. The van der Waals surface area contributed by atoms with Gasteiger partial charge in [0, 0.05) is 13.1 Å². The fourth-order valence-electron chi connectivity index (χ4n) is 3.25. The summed E-state index contributed by atoms with van der Waals surface area (Å²) in [6, 6.07) is 11.6. The number of amides is 1. The molecule has 1 atom stereocenters. The lowest BCUT2D eigenvalue weighted by Gasteiger charge is -2.30. The second-order valence-corrected chi connectivity index (χ2v) is 8.93. The number of benzene rings is 1. The predicted molar refractivity (Wildman–Crippen MR) is 108 cm³/mol. The highest BCUT2D eigenvalue weighted by Gasteiger charge is 2.22. The summed E-state index contributed by atoms with van der Waals surface area (Å²) in [5, 5.41) is 0.888. The van der Waals surface area contributed by atoms with Crippen molar-refractivity contribution in [2.75, 3.05) is 19.7 Å². The Hall–Kier alpha value is -2.25. The Labute approximate surface area is 165 Å². The van der Waals surface area contributed by atoms with Crippen molar-refractivity contribution in [1.82, 2.24) is 9.88 Å². The van der Waals surface area contributed by atoms with Gasteiger partial charge in [-0.2, -0.15) is 0 Å². The maximum atomic E-state index is 12.3. The van der Waals surface area contributed by atoms with E-state index in [-0.39, 0.29) is 12.5 Å². The number of thiophene rings is 1. The van der Waals surface area contributed by atoms with Crippen LogP contribution in [0.4, 0.5) is 0 Å². The minimum absolute atomic E-state index is 0.113. The van der Waals surface area contributed by atoms with Gasteiger partial charge in [0.05, 0.1) is 15.1 Å². The molecule has 0 radical (unpaired) electrons. The van der Waals surface area contributed by atoms with Gasteiger partial charge in [0.1, 0.15) is 9.88 Å². The van der Waals surface area contributed by atoms with Crippen molar-refractivity contribution in [1.29, 1.82) is 0 Å². The monoisotopic (exact) mass is 400 g/mol.